The van der Waals surface area contributed by atoms with Crippen LogP contribution in [-0.4, -0.2) is 37.5 Å². The number of nitrogens with one attached hydrogen (secondary N) is 4. The molecule has 0 unspecified atom stereocenters. The summed E-state index contributed by atoms with van der Waals surface area (Å²) in [6, 6.07) is 10.8. The number of rotatable bonds is 8. The molecule has 0 bridgehead atoms. The van der Waals surface area contributed by atoms with Gasteiger partial charge in [-0.15, -0.1) is 0 Å². The van der Waals surface area contributed by atoms with E-state index in [0.29, 0.717) is 17.6 Å². The van der Waals surface area contributed by atoms with Gasteiger partial charge in [0.2, 0.25) is 5.95 Å². The number of amides is 2. The van der Waals surface area contributed by atoms with E-state index < -0.39 is 10.1 Å². The lowest BCUT2D eigenvalue weighted by Crippen LogP contribution is -2.28. The van der Waals surface area contributed by atoms with E-state index in [9.17, 15) is 13.2 Å². The van der Waals surface area contributed by atoms with E-state index in [-0.39, 0.29) is 22.6 Å². The van der Waals surface area contributed by atoms with Crippen molar-refractivity contribution in [2.75, 3.05) is 23.7 Å². The summed E-state index contributed by atoms with van der Waals surface area (Å²) in [6.45, 7) is 3.20. The highest BCUT2D eigenvalue weighted by Crippen LogP contribution is 2.29. The zero-order valence-corrected chi connectivity index (χ0v) is 17.3. The van der Waals surface area contributed by atoms with E-state index in [4.69, 9.17) is 4.18 Å². The summed E-state index contributed by atoms with van der Waals surface area (Å²) >= 11 is 0. The summed E-state index contributed by atoms with van der Waals surface area (Å²) in [6.07, 6.45) is 2.49. The Balaban J connectivity index is 1.45. The molecule has 3 aromatic rings. The van der Waals surface area contributed by atoms with Gasteiger partial charge in [0.1, 0.15) is 10.6 Å². The number of anilines is 2. The number of hydrogen-bond acceptors (Lipinski definition) is 6. The number of aromatic nitrogens is 2. The second-order valence-corrected chi connectivity index (χ2v) is 8.68. The molecular weight excluding hydrogens is 406 g/mol. The SMILES string of the molecule is CCNC(=O)Nc1nc2cc(OS(=O)(=O)c3ccc(NCC4CC4)cc3)ccc2[nH]1. The van der Waals surface area contributed by atoms with E-state index in [2.05, 4.69) is 25.9 Å². The monoisotopic (exact) mass is 429 g/mol. The van der Waals surface area contributed by atoms with Gasteiger partial charge in [-0.2, -0.15) is 8.42 Å². The number of hydrogen-bond donors (Lipinski definition) is 4. The molecule has 0 radical (unpaired) electrons. The van der Waals surface area contributed by atoms with Gasteiger partial charge in [0.25, 0.3) is 0 Å². The fraction of sp³-hybridized carbons (Fsp3) is 0.300. The third-order valence-electron chi connectivity index (χ3n) is 4.66. The lowest BCUT2D eigenvalue weighted by atomic mass is 10.3. The van der Waals surface area contributed by atoms with Crippen molar-refractivity contribution in [2.45, 2.75) is 24.7 Å². The number of fused-ring (bicyclic) bond motifs is 1. The molecule has 1 heterocycles. The second kappa shape index (κ2) is 8.23. The quantitative estimate of drug-likeness (QED) is 0.407. The fourth-order valence-electron chi connectivity index (χ4n) is 2.91. The molecule has 30 heavy (non-hydrogen) atoms. The number of nitrogens with zero attached hydrogens (tertiary/aromatic N) is 1. The lowest BCUT2D eigenvalue weighted by Gasteiger charge is -2.09. The maximum Gasteiger partial charge on any atom is 0.339 e. The van der Waals surface area contributed by atoms with Crippen LogP contribution >= 0.6 is 0 Å². The van der Waals surface area contributed by atoms with Crippen LogP contribution in [0.3, 0.4) is 0 Å². The number of H-pyrrole nitrogens is 1. The van der Waals surface area contributed by atoms with Crippen LogP contribution in [0.5, 0.6) is 5.75 Å². The van der Waals surface area contributed by atoms with Gasteiger partial charge in [-0.05, 0) is 62.1 Å². The second-order valence-electron chi connectivity index (χ2n) is 7.13. The molecule has 158 valence electrons. The molecule has 4 N–H and O–H groups in total. The first kappa shape index (κ1) is 20.0. The summed E-state index contributed by atoms with van der Waals surface area (Å²) in [5, 5.41) is 8.47. The molecule has 10 heteroatoms. The highest BCUT2D eigenvalue weighted by molar-refractivity contribution is 7.87. The van der Waals surface area contributed by atoms with E-state index in [1.165, 1.54) is 37.1 Å². The van der Waals surface area contributed by atoms with Crippen molar-refractivity contribution in [2.24, 2.45) is 5.92 Å². The Morgan fingerprint density at radius 3 is 2.67 bits per heavy atom. The minimum atomic E-state index is -3.98. The van der Waals surface area contributed by atoms with Crippen LogP contribution in [-0.2, 0) is 10.1 Å². The van der Waals surface area contributed by atoms with Crippen LogP contribution in [0, 0.1) is 5.92 Å². The van der Waals surface area contributed by atoms with Crippen molar-refractivity contribution >= 4 is 38.8 Å². The summed E-state index contributed by atoms with van der Waals surface area (Å²) in [5.41, 5.74) is 1.98. The average Bonchev–Trinajstić information content (AvgIpc) is 3.45. The molecule has 1 aliphatic rings. The maximum atomic E-state index is 12.6. The van der Waals surface area contributed by atoms with Crippen LogP contribution in [0.15, 0.2) is 47.4 Å². The molecule has 0 saturated heterocycles. The molecule has 1 aromatic heterocycles. The molecule has 2 aromatic carbocycles. The number of imidazole rings is 1. The molecule has 0 aliphatic heterocycles. The van der Waals surface area contributed by atoms with Gasteiger partial charge < -0.3 is 19.8 Å². The van der Waals surface area contributed by atoms with Gasteiger partial charge in [-0.1, -0.05) is 0 Å². The topological polar surface area (TPSA) is 125 Å². The van der Waals surface area contributed by atoms with Gasteiger partial charge in [0.15, 0.2) is 0 Å². The predicted molar refractivity (Wildman–Crippen MR) is 114 cm³/mol. The standard InChI is InChI=1S/C20H23N5O4S/c1-2-21-20(26)25-19-23-17-10-7-15(11-18(17)24-19)29-30(27,28)16-8-5-14(6-9-16)22-12-13-3-4-13/h5-11,13,22H,2-4,12H2,1H3,(H3,21,23,24,25,26). The molecule has 4 rings (SSSR count). The van der Waals surface area contributed by atoms with Crippen LogP contribution in [0.2, 0.25) is 0 Å². The largest absolute Gasteiger partial charge is 0.385 e. The van der Waals surface area contributed by atoms with Crippen LogP contribution in [0.1, 0.15) is 19.8 Å². The van der Waals surface area contributed by atoms with Gasteiger partial charge >= 0.3 is 16.1 Å². The molecule has 9 nitrogen and oxygen atoms in total. The summed E-state index contributed by atoms with van der Waals surface area (Å²) in [4.78, 5) is 18.9. The van der Waals surface area contributed by atoms with Gasteiger partial charge in [-0.3, -0.25) is 5.32 Å². The Morgan fingerprint density at radius 1 is 1.20 bits per heavy atom. The molecular formula is C20H23N5O4S. The number of urea groups is 1. The van der Waals surface area contributed by atoms with Crippen LogP contribution in [0.4, 0.5) is 16.4 Å². The maximum absolute atomic E-state index is 12.6. The first-order valence-corrected chi connectivity index (χ1v) is 11.2. The summed E-state index contributed by atoms with van der Waals surface area (Å²) in [7, 11) is -3.98. The zero-order chi connectivity index (χ0) is 21.1. The minimum Gasteiger partial charge on any atom is -0.385 e. The average molecular weight is 430 g/mol. The number of carbonyl (C=O) groups excluding carboxylic acids is 1. The first-order chi connectivity index (χ1) is 14.4. The Morgan fingerprint density at radius 2 is 1.97 bits per heavy atom. The number of aromatic amines is 1. The van der Waals surface area contributed by atoms with Gasteiger partial charge in [0, 0.05) is 24.8 Å². The van der Waals surface area contributed by atoms with Crippen LogP contribution < -0.4 is 20.1 Å². The molecule has 2 amide bonds. The Labute approximate surface area is 174 Å². The van der Waals surface area contributed by atoms with Crippen molar-refractivity contribution in [3.63, 3.8) is 0 Å². The Bertz CT molecular complexity index is 1150. The zero-order valence-electron chi connectivity index (χ0n) is 16.4. The van der Waals surface area contributed by atoms with Crippen molar-refractivity contribution in [1.29, 1.82) is 0 Å². The molecule has 1 fully saturated rings. The smallest absolute Gasteiger partial charge is 0.339 e. The Kier molecular flexibility index (Phi) is 5.49. The lowest BCUT2D eigenvalue weighted by molar-refractivity contribution is 0.252. The summed E-state index contributed by atoms with van der Waals surface area (Å²) in [5.74, 6) is 1.12. The highest BCUT2D eigenvalue weighted by atomic mass is 32.2. The first-order valence-electron chi connectivity index (χ1n) is 9.76. The van der Waals surface area contributed by atoms with E-state index in [1.54, 1.807) is 25.1 Å². The van der Waals surface area contributed by atoms with E-state index >= 15 is 0 Å². The molecule has 0 spiro atoms. The third kappa shape index (κ3) is 4.82. The summed E-state index contributed by atoms with van der Waals surface area (Å²) < 4.78 is 30.5. The minimum absolute atomic E-state index is 0.0696. The van der Waals surface area contributed by atoms with Crippen molar-refractivity contribution in [1.82, 2.24) is 15.3 Å². The highest BCUT2D eigenvalue weighted by Gasteiger charge is 2.21. The van der Waals surface area contributed by atoms with Crippen LogP contribution in [0.25, 0.3) is 11.0 Å². The van der Waals surface area contributed by atoms with Crippen molar-refractivity contribution < 1.29 is 17.4 Å². The third-order valence-corrected chi connectivity index (χ3v) is 5.93. The molecule has 1 saturated carbocycles. The predicted octanol–water partition coefficient (Wildman–Crippen LogP) is 3.29. The van der Waals surface area contributed by atoms with Gasteiger partial charge in [-0.25, -0.2) is 9.78 Å². The van der Waals surface area contributed by atoms with E-state index in [0.717, 1.165) is 18.2 Å². The van der Waals surface area contributed by atoms with Crippen molar-refractivity contribution in [3.8, 4) is 5.75 Å². The molecule has 0 atom stereocenters. The number of benzene rings is 2. The fourth-order valence-corrected chi connectivity index (χ4v) is 3.83. The molecule has 1 aliphatic carbocycles. The van der Waals surface area contributed by atoms with Gasteiger partial charge in [0.05, 0.1) is 11.0 Å². The van der Waals surface area contributed by atoms with Crippen molar-refractivity contribution in [3.05, 3.63) is 42.5 Å². The van der Waals surface area contributed by atoms with E-state index in [1.807, 2.05) is 0 Å². The normalized spacial score (nSPS) is 13.8. The Hall–Kier alpha value is -3.27. The number of carbonyl (C=O) groups is 1.